The fourth-order valence-electron chi connectivity index (χ4n) is 2.84. The number of nitrogens with zero attached hydrogens (tertiary/aromatic N) is 4. The van der Waals surface area contributed by atoms with E-state index in [0.29, 0.717) is 0 Å². The Kier molecular flexibility index (Phi) is 3.06. The minimum absolute atomic E-state index is 0.0901. The normalized spacial score (nSPS) is 18.4. The number of rotatable bonds is 2. The van der Waals surface area contributed by atoms with E-state index >= 15 is 0 Å². The van der Waals surface area contributed by atoms with Crippen LogP contribution in [-0.4, -0.2) is 33.3 Å². The van der Waals surface area contributed by atoms with Gasteiger partial charge in [0.2, 0.25) is 0 Å². The molecule has 0 bridgehead atoms. The largest absolute Gasteiger partial charge is 0.317 e. The number of aryl methyl sites for hydroxylation is 2. The number of aromatic nitrogens is 4. The van der Waals surface area contributed by atoms with Crippen molar-refractivity contribution in [2.45, 2.75) is 25.2 Å². The maximum atomic E-state index is 4.47. The smallest absolute Gasteiger partial charge is 0.185 e. The predicted molar refractivity (Wildman–Crippen MR) is 72.9 cm³/mol. The molecule has 1 aromatic carbocycles. The topological polar surface area (TPSA) is 55.6 Å². The molecule has 1 aromatic heterocycles. The molecular formula is C14H19N5. The summed E-state index contributed by atoms with van der Waals surface area (Å²) in [5.41, 5.74) is 2.49. The van der Waals surface area contributed by atoms with Crippen LogP contribution in [0.25, 0.3) is 0 Å². The van der Waals surface area contributed by atoms with Gasteiger partial charge in [-0.3, -0.25) is 0 Å². The Balaban J connectivity index is 2.08. The van der Waals surface area contributed by atoms with Crippen LogP contribution in [-0.2, 0) is 12.5 Å². The van der Waals surface area contributed by atoms with Gasteiger partial charge in [0, 0.05) is 0 Å². The molecule has 5 heteroatoms. The Bertz CT molecular complexity index is 551. The summed E-state index contributed by atoms with van der Waals surface area (Å²) in [6.45, 7) is 4.09. The monoisotopic (exact) mass is 257 g/mol. The molecule has 0 spiro atoms. The molecule has 0 radical (unpaired) electrons. The highest BCUT2D eigenvalue weighted by atomic mass is 15.6. The van der Waals surface area contributed by atoms with Gasteiger partial charge >= 0.3 is 0 Å². The molecule has 19 heavy (non-hydrogen) atoms. The number of nitrogens with one attached hydrogen (secondary N) is 1. The highest BCUT2D eigenvalue weighted by Crippen LogP contribution is 2.37. The summed E-state index contributed by atoms with van der Waals surface area (Å²) in [5, 5.41) is 16.2. The second-order valence-corrected chi connectivity index (χ2v) is 5.30. The van der Waals surface area contributed by atoms with Crippen molar-refractivity contribution in [3.8, 4) is 0 Å². The zero-order chi connectivity index (χ0) is 13.3. The molecule has 100 valence electrons. The number of hydrogen-bond acceptors (Lipinski definition) is 4. The van der Waals surface area contributed by atoms with Gasteiger partial charge in [0.15, 0.2) is 5.82 Å². The summed E-state index contributed by atoms with van der Waals surface area (Å²) in [6, 6.07) is 8.74. The third kappa shape index (κ3) is 2.14. The average Bonchev–Trinajstić information content (AvgIpc) is 2.87. The molecule has 0 saturated carbocycles. The second-order valence-electron chi connectivity index (χ2n) is 5.30. The molecule has 2 heterocycles. The average molecular weight is 257 g/mol. The van der Waals surface area contributed by atoms with E-state index in [1.54, 1.807) is 4.80 Å². The van der Waals surface area contributed by atoms with Gasteiger partial charge in [0.25, 0.3) is 0 Å². The standard InChI is InChI=1S/C14H19N5/c1-11-3-5-12(6-4-11)14(7-9-15-10-8-14)13-16-18-19(2)17-13/h3-6,15H,7-10H2,1-2H3. The molecule has 0 amide bonds. The van der Waals surface area contributed by atoms with E-state index in [4.69, 9.17) is 0 Å². The molecule has 2 aromatic rings. The zero-order valence-electron chi connectivity index (χ0n) is 11.4. The lowest BCUT2D eigenvalue weighted by atomic mass is 9.72. The predicted octanol–water partition coefficient (Wildman–Crippen LogP) is 1.19. The van der Waals surface area contributed by atoms with Gasteiger partial charge in [-0.15, -0.1) is 10.2 Å². The first-order valence-electron chi connectivity index (χ1n) is 6.73. The number of tetrazole rings is 1. The maximum absolute atomic E-state index is 4.47. The van der Waals surface area contributed by atoms with Crippen LogP contribution in [0.15, 0.2) is 24.3 Å². The first-order chi connectivity index (χ1) is 9.21. The quantitative estimate of drug-likeness (QED) is 0.878. The first kappa shape index (κ1) is 12.3. The van der Waals surface area contributed by atoms with E-state index in [-0.39, 0.29) is 5.41 Å². The third-order valence-electron chi connectivity index (χ3n) is 4.00. The lowest BCUT2D eigenvalue weighted by molar-refractivity contribution is 0.344. The van der Waals surface area contributed by atoms with Crippen LogP contribution in [0.1, 0.15) is 29.8 Å². The van der Waals surface area contributed by atoms with Crippen molar-refractivity contribution in [2.24, 2.45) is 7.05 Å². The van der Waals surface area contributed by atoms with Gasteiger partial charge in [-0.25, -0.2) is 0 Å². The summed E-state index contributed by atoms with van der Waals surface area (Å²) in [5.74, 6) is 0.848. The van der Waals surface area contributed by atoms with E-state index in [0.717, 1.165) is 31.8 Å². The highest BCUT2D eigenvalue weighted by Gasteiger charge is 2.39. The van der Waals surface area contributed by atoms with Gasteiger partial charge in [-0.1, -0.05) is 29.8 Å². The van der Waals surface area contributed by atoms with E-state index in [1.807, 2.05) is 7.05 Å². The Labute approximate surface area is 113 Å². The second kappa shape index (κ2) is 4.74. The van der Waals surface area contributed by atoms with Gasteiger partial charge in [0.1, 0.15) is 0 Å². The SMILES string of the molecule is Cc1ccc(C2(c3nnn(C)n3)CCNCC2)cc1. The highest BCUT2D eigenvalue weighted by molar-refractivity contribution is 5.35. The first-order valence-corrected chi connectivity index (χ1v) is 6.73. The molecule has 1 saturated heterocycles. The summed E-state index contributed by atoms with van der Waals surface area (Å²) in [4.78, 5) is 1.55. The van der Waals surface area contributed by atoms with Crippen LogP contribution < -0.4 is 5.32 Å². The van der Waals surface area contributed by atoms with Crippen LogP contribution in [0.3, 0.4) is 0 Å². The maximum Gasteiger partial charge on any atom is 0.185 e. The molecule has 3 rings (SSSR count). The minimum Gasteiger partial charge on any atom is -0.317 e. The number of hydrogen-bond donors (Lipinski definition) is 1. The van der Waals surface area contributed by atoms with Crippen LogP contribution in [0.5, 0.6) is 0 Å². The van der Waals surface area contributed by atoms with Crippen molar-refractivity contribution in [1.29, 1.82) is 0 Å². The molecule has 0 atom stereocenters. The van der Waals surface area contributed by atoms with Gasteiger partial charge in [0.05, 0.1) is 12.5 Å². The van der Waals surface area contributed by atoms with Gasteiger partial charge in [-0.05, 0) is 43.6 Å². The fraction of sp³-hybridized carbons (Fsp3) is 0.500. The van der Waals surface area contributed by atoms with Crippen molar-refractivity contribution >= 4 is 0 Å². The van der Waals surface area contributed by atoms with Crippen molar-refractivity contribution in [2.75, 3.05) is 13.1 Å². The van der Waals surface area contributed by atoms with E-state index in [9.17, 15) is 0 Å². The fourth-order valence-corrected chi connectivity index (χ4v) is 2.84. The number of piperidine rings is 1. The van der Waals surface area contributed by atoms with E-state index in [1.165, 1.54) is 11.1 Å². The minimum atomic E-state index is -0.0901. The van der Waals surface area contributed by atoms with Crippen molar-refractivity contribution in [1.82, 2.24) is 25.5 Å². The molecule has 1 aliphatic heterocycles. The zero-order valence-corrected chi connectivity index (χ0v) is 11.4. The lowest BCUT2D eigenvalue weighted by Gasteiger charge is -2.35. The number of benzene rings is 1. The van der Waals surface area contributed by atoms with Crippen LogP contribution in [0.4, 0.5) is 0 Å². The Morgan fingerprint density at radius 1 is 1.16 bits per heavy atom. The van der Waals surface area contributed by atoms with Crippen molar-refractivity contribution < 1.29 is 0 Å². The molecule has 1 N–H and O–H groups in total. The summed E-state index contributed by atoms with van der Waals surface area (Å²) >= 11 is 0. The third-order valence-corrected chi connectivity index (χ3v) is 4.00. The summed E-state index contributed by atoms with van der Waals surface area (Å²) in [6.07, 6.45) is 2.03. The van der Waals surface area contributed by atoms with E-state index < -0.39 is 0 Å². The van der Waals surface area contributed by atoms with Crippen LogP contribution in [0, 0.1) is 6.92 Å². The Morgan fingerprint density at radius 3 is 2.42 bits per heavy atom. The summed E-state index contributed by atoms with van der Waals surface area (Å²) in [7, 11) is 1.82. The molecule has 5 nitrogen and oxygen atoms in total. The van der Waals surface area contributed by atoms with Crippen LogP contribution >= 0.6 is 0 Å². The summed E-state index contributed by atoms with van der Waals surface area (Å²) < 4.78 is 0. The van der Waals surface area contributed by atoms with Crippen molar-refractivity contribution in [3.05, 3.63) is 41.2 Å². The van der Waals surface area contributed by atoms with Crippen LogP contribution in [0.2, 0.25) is 0 Å². The molecule has 1 aliphatic rings. The molecule has 0 unspecified atom stereocenters. The van der Waals surface area contributed by atoms with E-state index in [2.05, 4.69) is 51.9 Å². The molecule has 1 fully saturated rings. The Morgan fingerprint density at radius 2 is 1.84 bits per heavy atom. The Hall–Kier alpha value is -1.75. The molecular weight excluding hydrogens is 238 g/mol. The molecule has 0 aliphatic carbocycles. The van der Waals surface area contributed by atoms with Crippen molar-refractivity contribution in [3.63, 3.8) is 0 Å². The van der Waals surface area contributed by atoms with Gasteiger partial charge in [-0.2, -0.15) is 4.80 Å². The lowest BCUT2D eigenvalue weighted by Crippen LogP contribution is -2.41. The van der Waals surface area contributed by atoms with Gasteiger partial charge < -0.3 is 5.32 Å².